The molecular weight excluding hydrogens is 317 g/mol. The minimum atomic E-state index is -4.41. The van der Waals surface area contributed by atoms with Crippen LogP contribution in [-0.2, 0) is 0 Å². The first kappa shape index (κ1) is 14.7. The Bertz CT molecular complexity index is 451. The van der Waals surface area contributed by atoms with Crippen LogP contribution in [0.2, 0.25) is 0 Å². The van der Waals surface area contributed by atoms with Crippen molar-refractivity contribution in [3.63, 3.8) is 0 Å². The van der Waals surface area contributed by atoms with Crippen LogP contribution in [0.4, 0.5) is 24.5 Å². The second-order valence-electron chi connectivity index (χ2n) is 3.52. The molecule has 0 unspecified atom stereocenters. The summed E-state index contributed by atoms with van der Waals surface area (Å²) in [7, 11) is 0. The van der Waals surface area contributed by atoms with E-state index >= 15 is 0 Å². The average molecular weight is 327 g/mol. The number of hydrogen-bond donors (Lipinski definition) is 0. The minimum Gasteiger partial charge on any atom is -0.357 e. The Balaban J connectivity index is 3.17. The third-order valence-corrected chi connectivity index (χ3v) is 2.72. The summed E-state index contributed by atoms with van der Waals surface area (Å²) < 4.78 is 37.6. The fourth-order valence-electron chi connectivity index (χ4n) is 1.49. The van der Waals surface area contributed by atoms with Crippen LogP contribution in [0.3, 0.4) is 0 Å². The van der Waals surface area contributed by atoms with Gasteiger partial charge in [-0.05, 0) is 19.1 Å². The first-order valence-corrected chi connectivity index (χ1v) is 5.79. The van der Waals surface area contributed by atoms with Gasteiger partial charge in [-0.15, -0.1) is 0 Å². The molecule has 0 atom stereocenters. The maximum atomic E-state index is 12.4. The van der Waals surface area contributed by atoms with E-state index in [1.54, 1.807) is 0 Å². The van der Waals surface area contributed by atoms with E-state index < -0.39 is 17.6 Å². The van der Waals surface area contributed by atoms with Crippen molar-refractivity contribution >= 4 is 27.3 Å². The van der Waals surface area contributed by atoms with Gasteiger partial charge in [0.2, 0.25) is 0 Å². The average Bonchev–Trinajstić information content (AvgIpc) is 2.24. The third kappa shape index (κ3) is 3.86. The van der Waals surface area contributed by atoms with Gasteiger partial charge in [-0.25, -0.2) is 0 Å². The predicted octanol–water partition coefficient (Wildman–Crippen LogP) is 3.75. The molecule has 0 saturated carbocycles. The number of hydrogen-bond acceptors (Lipinski definition) is 3. The molecule has 1 aromatic carbocycles. The van der Waals surface area contributed by atoms with E-state index in [4.69, 9.17) is 0 Å². The summed E-state index contributed by atoms with van der Waals surface area (Å²) in [6.07, 6.45) is -4.41. The Morgan fingerprint density at radius 2 is 2.06 bits per heavy atom. The van der Waals surface area contributed by atoms with E-state index in [0.717, 1.165) is 4.90 Å². The van der Waals surface area contributed by atoms with Gasteiger partial charge in [-0.3, -0.25) is 10.1 Å². The van der Waals surface area contributed by atoms with Crippen molar-refractivity contribution < 1.29 is 18.1 Å². The molecule has 0 saturated heterocycles. The Morgan fingerprint density at radius 1 is 1.44 bits per heavy atom. The lowest BCUT2D eigenvalue weighted by molar-refractivity contribution is -0.384. The van der Waals surface area contributed by atoms with Gasteiger partial charge >= 0.3 is 6.18 Å². The van der Waals surface area contributed by atoms with Crippen molar-refractivity contribution in [1.82, 2.24) is 0 Å². The lowest BCUT2D eigenvalue weighted by Gasteiger charge is -2.24. The quantitative estimate of drug-likeness (QED) is 0.625. The van der Waals surface area contributed by atoms with Crippen molar-refractivity contribution in [2.24, 2.45) is 0 Å². The van der Waals surface area contributed by atoms with Gasteiger partial charge in [-0.1, -0.05) is 15.9 Å². The maximum Gasteiger partial charge on any atom is 0.405 e. The topological polar surface area (TPSA) is 46.4 Å². The first-order valence-electron chi connectivity index (χ1n) is 5.00. The van der Waals surface area contributed by atoms with Crippen molar-refractivity contribution in [3.05, 3.63) is 32.8 Å². The standard InChI is InChI=1S/C10H10BrF3N2O2/c1-2-15(6-10(12,13)14)8-4-3-7(11)5-9(8)16(17)18/h3-5H,2,6H2,1H3. The molecule has 0 aliphatic heterocycles. The molecular formula is C10H10BrF3N2O2. The van der Waals surface area contributed by atoms with Gasteiger partial charge < -0.3 is 4.90 Å². The summed E-state index contributed by atoms with van der Waals surface area (Å²) >= 11 is 3.05. The van der Waals surface area contributed by atoms with Crippen LogP contribution in [0.1, 0.15) is 6.92 Å². The zero-order chi connectivity index (χ0) is 13.9. The number of nitrogens with zero attached hydrogens (tertiary/aromatic N) is 2. The molecule has 0 amide bonds. The molecule has 4 nitrogen and oxygen atoms in total. The van der Waals surface area contributed by atoms with Crippen LogP contribution < -0.4 is 4.90 Å². The Hall–Kier alpha value is -1.31. The van der Waals surface area contributed by atoms with Crippen LogP contribution in [-0.4, -0.2) is 24.2 Å². The van der Waals surface area contributed by atoms with Gasteiger partial charge in [0.1, 0.15) is 12.2 Å². The monoisotopic (exact) mass is 326 g/mol. The highest BCUT2D eigenvalue weighted by molar-refractivity contribution is 9.10. The normalized spacial score (nSPS) is 11.4. The summed E-state index contributed by atoms with van der Waals surface area (Å²) in [5.74, 6) is 0. The van der Waals surface area contributed by atoms with Crippen LogP contribution >= 0.6 is 15.9 Å². The number of halogens is 4. The van der Waals surface area contributed by atoms with Crippen molar-refractivity contribution in [3.8, 4) is 0 Å². The highest BCUT2D eigenvalue weighted by atomic mass is 79.9. The smallest absolute Gasteiger partial charge is 0.357 e. The molecule has 0 aliphatic rings. The van der Waals surface area contributed by atoms with Crippen molar-refractivity contribution in [2.75, 3.05) is 18.0 Å². The fraction of sp³-hybridized carbons (Fsp3) is 0.400. The van der Waals surface area contributed by atoms with E-state index in [9.17, 15) is 23.3 Å². The van der Waals surface area contributed by atoms with Crippen LogP contribution in [0.15, 0.2) is 22.7 Å². The Morgan fingerprint density at radius 3 is 2.50 bits per heavy atom. The van der Waals surface area contributed by atoms with E-state index in [1.165, 1.54) is 25.1 Å². The van der Waals surface area contributed by atoms with Gasteiger partial charge in [0.25, 0.3) is 5.69 Å². The highest BCUT2D eigenvalue weighted by Gasteiger charge is 2.32. The SMILES string of the molecule is CCN(CC(F)(F)F)c1ccc(Br)cc1[N+](=O)[O-]. The third-order valence-electron chi connectivity index (χ3n) is 2.23. The number of nitro benzene ring substituents is 1. The second-order valence-corrected chi connectivity index (χ2v) is 4.44. The molecule has 8 heteroatoms. The molecule has 1 rings (SSSR count). The van der Waals surface area contributed by atoms with E-state index in [1.807, 2.05) is 0 Å². The number of anilines is 1. The molecule has 0 N–H and O–H groups in total. The zero-order valence-electron chi connectivity index (χ0n) is 9.37. The minimum absolute atomic E-state index is 0.0297. The zero-order valence-corrected chi connectivity index (χ0v) is 11.0. The van der Waals surface area contributed by atoms with Gasteiger partial charge in [-0.2, -0.15) is 13.2 Å². The second kappa shape index (κ2) is 5.55. The molecule has 0 radical (unpaired) electrons. The molecule has 0 fully saturated rings. The molecule has 0 heterocycles. The molecule has 0 spiro atoms. The van der Waals surface area contributed by atoms with Crippen molar-refractivity contribution in [2.45, 2.75) is 13.1 Å². The molecule has 100 valence electrons. The molecule has 18 heavy (non-hydrogen) atoms. The summed E-state index contributed by atoms with van der Waals surface area (Å²) in [6.45, 7) is 0.325. The number of alkyl halides is 3. The largest absolute Gasteiger partial charge is 0.405 e. The number of nitro groups is 1. The summed E-state index contributed by atoms with van der Waals surface area (Å²) in [4.78, 5) is 11.1. The number of benzene rings is 1. The molecule has 0 bridgehead atoms. The van der Waals surface area contributed by atoms with E-state index in [2.05, 4.69) is 15.9 Å². The van der Waals surface area contributed by atoms with Gasteiger partial charge in [0.05, 0.1) is 4.92 Å². The number of rotatable bonds is 4. The predicted molar refractivity (Wildman–Crippen MR) is 64.7 cm³/mol. The summed E-state index contributed by atoms with van der Waals surface area (Å²) in [6, 6.07) is 3.97. The molecule has 1 aromatic rings. The maximum absolute atomic E-state index is 12.4. The first-order chi connectivity index (χ1) is 8.24. The summed E-state index contributed by atoms with van der Waals surface area (Å²) in [5, 5.41) is 10.8. The Labute approximate surface area is 110 Å². The van der Waals surface area contributed by atoms with E-state index in [0.29, 0.717) is 4.47 Å². The van der Waals surface area contributed by atoms with Crippen molar-refractivity contribution in [1.29, 1.82) is 0 Å². The molecule has 0 aliphatic carbocycles. The lowest BCUT2D eigenvalue weighted by atomic mass is 10.2. The highest BCUT2D eigenvalue weighted by Crippen LogP contribution is 2.32. The Kier molecular flexibility index (Phi) is 4.55. The fourth-order valence-corrected chi connectivity index (χ4v) is 1.84. The van der Waals surface area contributed by atoms with Gasteiger partial charge in [0, 0.05) is 17.1 Å². The van der Waals surface area contributed by atoms with Crippen LogP contribution in [0.5, 0.6) is 0 Å². The van der Waals surface area contributed by atoms with Crippen LogP contribution in [0.25, 0.3) is 0 Å². The molecule has 0 aromatic heterocycles. The van der Waals surface area contributed by atoms with Crippen LogP contribution in [0, 0.1) is 10.1 Å². The summed E-state index contributed by atoms with van der Waals surface area (Å²) in [5.41, 5.74) is -0.390. The lowest BCUT2D eigenvalue weighted by Crippen LogP contribution is -2.34. The van der Waals surface area contributed by atoms with E-state index in [-0.39, 0.29) is 17.9 Å². The van der Waals surface area contributed by atoms with Gasteiger partial charge in [0.15, 0.2) is 0 Å².